The van der Waals surface area contributed by atoms with Crippen LogP contribution < -0.4 is 19.7 Å². The van der Waals surface area contributed by atoms with Gasteiger partial charge in [0.25, 0.3) is 0 Å². The zero-order valence-corrected chi connectivity index (χ0v) is 19.3. The smallest absolute Gasteiger partial charge is 0.241 e. The molecule has 4 rings (SSSR count). The first-order chi connectivity index (χ1) is 15.5. The van der Waals surface area contributed by atoms with Gasteiger partial charge in [-0.25, -0.2) is 0 Å². The SMILES string of the molecule is CCN(CC(=O)Nc1ccc2c(c1)OCCO2)CC(=O)N1CC[C@H](C)Sc2ccccc21. The summed E-state index contributed by atoms with van der Waals surface area (Å²) < 4.78 is 11.1. The molecule has 170 valence electrons. The van der Waals surface area contributed by atoms with Gasteiger partial charge in [0, 0.05) is 28.4 Å². The lowest BCUT2D eigenvalue weighted by molar-refractivity contribution is -0.121. The normalized spacial score (nSPS) is 17.5. The molecule has 2 aromatic rings. The summed E-state index contributed by atoms with van der Waals surface area (Å²) in [6.45, 7) is 6.78. The van der Waals surface area contributed by atoms with Gasteiger partial charge < -0.3 is 19.7 Å². The number of carbonyl (C=O) groups excluding carboxylic acids is 2. The summed E-state index contributed by atoms with van der Waals surface area (Å²) in [4.78, 5) is 30.7. The molecule has 0 aromatic heterocycles. The fraction of sp³-hybridized carbons (Fsp3) is 0.417. The van der Waals surface area contributed by atoms with Crippen molar-refractivity contribution in [3.63, 3.8) is 0 Å². The number of benzene rings is 2. The maximum absolute atomic E-state index is 13.2. The Morgan fingerprint density at radius 1 is 1.12 bits per heavy atom. The molecule has 0 fully saturated rings. The summed E-state index contributed by atoms with van der Waals surface area (Å²) in [5.41, 5.74) is 1.61. The number of para-hydroxylation sites is 1. The molecule has 0 saturated heterocycles. The first-order valence-electron chi connectivity index (χ1n) is 11.0. The van der Waals surface area contributed by atoms with Crippen LogP contribution in [0.25, 0.3) is 0 Å². The number of hydrogen-bond donors (Lipinski definition) is 1. The van der Waals surface area contributed by atoms with Gasteiger partial charge >= 0.3 is 0 Å². The van der Waals surface area contributed by atoms with Crippen molar-refractivity contribution >= 4 is 35.0 Å². The molecule has 0 bridgehead atoms. The van der Waals surface area contributed by atoms with Crippen molar-refractivity contribution in [3.8, 4) is 11.5 Å². The highest BCUT2D eigenvalue weighted by Crippen LogP contribution is 2.37. The number of anilines is 2. The van der Waals surface area contributed by atoms with E-state index in [0.29, 0.717) is 48.7 Å². The fourth-order valence-electron chi connectivity index (χ4n) is 3.83. The van der Waals surface area contributed by atoms with Crippen LogP contribution in [-0.2, 0) is 9.59 Å². The number of carbonyl (C=O) groups is 2. The molecule has 32 heavy (non-hydrogen) atoms. The molecule has 0 spiro atoms. The van der Waals surface area contributed by atoms with E-state index in [2.05, 4.69) is 18.3 Å². The first kappa shape index (κ1) is 22.5. The number of thioether (sulfide) groups is 1. The Kier molecular flexibility index (Phi) is 7.22. The van der Waals surface area contributed by atoms with Gasteiger partial charge in [0.15, 0.2) is 11.5 Å². The molecule has 1 atom stereocenters. The zero-order chi connectivity index (χ0) is 22.5. The molecule has 0 saturated carbocycles. The quantitative estimate of drug-likeness (QED) is 0.717. The average molecular weight is 456 g/mol. The van der Waals surface area contributed by atoms with Gasteiger partial charge in [0.05, 0.1) is 18.8 Å². The van der Waals surface area contributed by atoms with Gasteiger partial charge in [-0.05, 0) is 37.2 Å². The molecular formula is C24H29N3O4S. The van der Waals surface area contributed by atoms with Crippen LogP contribution in [0.15, 0.2) is 47.4 Å². The molecule has 2 aliphatic heterocycles. The molecule has 0 unspecified atom stereocenters. The predicted molar refractivity (Wildman–Crippen MR) is 127 cm³/mol. The van der Waals surface area contributed by atoms with Crippen LogP contribution >= 0.6 is 11.8 Å². The van der Waals surface area contributed by atoms with Crippen molar-refractivity contribution < 1.29 is 19.1 Å². The second-order valence-corrected chi connectivity index (χ2v) is 9.42. The number of ether oxygens (including phenoxy) is 2. The maximum Gasteiger partial charge on any atom is 0.241 e. The van der Waals surface area contributed by atoms with Crippen LogP contribution in [0.3, 0.4) is 0 Å². The lowest BCUT2D eigenvalue weighted by Gasteiger charge is -2.26. The largest absolute Gasteiger partial charge is 0.486 e. The third kappa shape index (κ3) is 5.37. The van der Waals surface area contributed by atoms with E-state index in [1.54, 1.807) is 18.2 Å². The van der Waals surface area contributed by atoms with Crippen molar-refractivity contribution in [2.24, 2.45) is 0 Å². The molecule has 2 aromatic carbocycles. The number of likely N-dealkylation sites (N-methyl/N-ethyl adjacent to an activating group) is 1. The number of fused-ring (bicyclic) bond motifs is 2. The molecule has 2 heterocycles. The third-order valence-electron chi connectivity index (χ3n) is 5.54. The van der Waals surface area contributed by atoms with E-state index in [-0.39, 0.29) is 24.9 Å². The van der Waals surface area contributed by atoms with Gasteiger partial charge in [0.1, 0.15) is 13.2 Å². The molecule has 8 heteroatoms. The molecule has 2 amide bonds. The summed E-state index contributed by atoms with van der Waals surface area (Å²) >= 11 is 1.81. The highest BCUT2D eigenvalue weighted by Gasteiger charge is 2.25. The number of amides is 2. The Morgan fingerprint density at radius 2 is 1.91 bits per heavy atom. The zero-order valence-electron chi connectivity index (χ0n) is 18.5. The second kappa shape index (κ2) is 10.3. The van der Waals surface area contributed by atoms with Gasteiger partial charge in [-0.2, -0.15) is 0 Å². The Bertz CT molecular complexity index is 983. The summed E-state index contributed by atoms with van der Waals surface area (Å²) in [6, 6.07) is 13.4. The van der Waals surface area contributed by atoms with E-state index in [1.165, 1.54) is 0 Å². The summed E-state index contributed by atoms with van der Waals surface area (Å²) in [5, 5.41) is 3.35. The molecule has 1 N–H and O–H groups in total. The minimum absolute atomic E-state index is 0.0149. The second-order valence-electron chi connectivity index (χ2n) is 7.94. The highest BCUT2D eigenvalue weighted by molar-refractivity contribution is 8.00. The number of rotatable bonds is 6. The van der Waals surface area contributed by atoms with E-state index < -0.39 is 0 Å². The Balaban J connectivity index is 1.38. The average Bonchev–Trinajstić information content (AvgIpc) is 2.96. The molecule has 0 aliphatic carbocycles. The van der Waals surface area contributed by atoms with Crippen molar-refractivity contribution in [2.75, 3.05) is 49.6 Å². The topological polar surface area (TPSA) is 71.1 Å². The summed E-state index contributed by atoms with van der Waals surface area (Å²) in [7, 11) is 0. The van der Waals surface area contributed by atoms with Crippen LogP contribution in [0.5, 0.6) is 11.5 Å². The lowest BCUT2D eigenvalue weighted by atomic mass is 10.2. The van der Waals surface area contributed by atoms with Gasteiger partial charge in [-0.15, -0.1) is 11.8 Å². The van der Waals surface area contributed by atoms with E-state index in [0.717, 1.165) is 17.0 Å². The molecular weight excluding hydrogens is 426 g/mol. The molecule has 0 radical (unpaired) electrons. The predicted octanol–water partition coefficient (Wildman–Crippen LogP) is 3.64. The van der Waals surface area contributed by atoms with Crippen LogP contribution in [0.2, 0.25) is 0 Å². The minimum atomic E-state index is -0.170. The number of nitrogens with zero attached hydrogens (tertiary/aromatic N) is 2. The van der Waals surface area contributed by atoms with Crippen molar-refractivity contribution in [1.82, 2.24) is 4.90 Å². The van der Waals surface area contributed by atoms with E-state index in [9.17, 15) is 9.59 Å². The van der Waals surface area contributed by atoms with E-state index >= 15 is 0 Å². The van der Waals surface area contributed by atoms with Gasteiger partial charge in [-0.3, -0.25) is 14.5 Å². The number of nitrogens with one attached hydrogen (secondary N) is 1. The Labute approximate surface area is 193 Å². The lowest BCUT2D eigenvalue weighted by Crippen LogP contribution is -2.43. The maximum atomic E-state index is 13.2. The first-order valence-corrected chi connectivity index (χ1v) is 11.9. The van der Waals surface area contributed by atoms with Crippen LogP contribution in [0.1, 0.15) is 20.3 Å². The van der Waals surface area contributed by atoms with E-state index in [4.69, 9.17) is 9.47 Å². The van der Waals surface area contributed by atoms with Crippen molar-refractivity contribution in [2.45, 2.75) is 30.4 Å². The Hall–Kier alpha value is -2.71. The highest BCUT2D eigenvalue weighted by atomic mass is 32.2. The van der Waals surface area contributed by atoms with Crippen LogP contribution in [-0.4, -0.2) is 61.4 Å². The van der Waals surface area contributed by atoms with Crippen LogP contribution in [0.4, 0.5) is 11.4 Å². The monoisotopic (exact) mass is 455 g/mol. The van der Waals surface area contributed by atoms with Gasteiger partial charge in [0.2, 0.25) is 11.8 Å². The summed E-state index contributed by atoms with van der Waals surface area (Å²) in [6.07, 6.45) is 0.932. The van der Waals surface area contributed by atoms with Crippen molar-refractivity contribution in [3.05, 3.63) is 42.5 Å². The molecule has 7 nitrogen and oxygen atoms in total. The van der Waals surface area contributed by atoms with Crippen LogP contribution in [0, 0.1) is 0 Å². The summed E-state index contributed by atoms with van der Waals surface area (Å²) in [5.74, 6) is 1.15. The van der Waals surface area contributed by atoms with E-state index in [1.807, 2.05) is 46.7 Å². The van der Waals surface area contributed by atoms with Crippen molar-refractivity contribution in [1.29, 1.82) is 0 Å². The Morgan fingerprint density at radius 3 is 2.72 bits per heavy atom. The van der Waals surface area contributed by atoms with Gasteiger partial charge in [-0.1, -0.05) is 26.0 Å². The third-order valence-corrected chi connectivity index (χ3v) is 6.78. The number of hydrogen-bond acceptors (Lipinski definition) is 6. The molecule has 2 aliphatic rings. The standard InChI is InChI=1S/C24H29N3O4S/c1-3-26(15-23(28)25-18-8-9-20-21(14-18)31-13-12-30-20)16-24(29)27-11-10-17(2)32-22-7-5-4-6-19(22)27/h4-9,14,17H,3,10-13,15-16H2,1-2H3,(H,25,28)/t17-/m0/s1. The minimum Gasteiger partial charge on any atom is -0.486 e. The fourth-order valence-corrected chi connectivity index (χ4v) is 4.94.